The third kappa shape index (κ3) is 3.18. The number of nitrogens with two attached hydrogens (primary N) is 1. The van der Waals surface area contributed by atoms with Crippen LogP contribution in [-0.4, -0.2) is 19.6 Å². The maximum atomic E-state index is 5.78. The van der Waals surface area contributed by atoms with Gasteiger partial charge in [0, 0.05) is 36.3 Å². The number of rotatable bonds is 4. The highest BCUT2D eigenvalue weighted by Crippen LogP contribution is 2.26. The van der Waals surface area contributed by atoms with Crippen LogP contribution >= 0.6 is 15.9 Å². The van der Waals surface area contributed by atoms with Gasteiger partial charge in [0.25, 0.3) is 0 Å². The molecular weight excluding hydrogens is 380 g/mol. The topological polar surface area (TPSA) is 81.1 Å². The summed E-state index contributed by atoms with van der Waals surface area (Å²) in [5.74, 6) is 0.853. The zero-order chi connectivity index (χ0) is 17.2. The summed E-state index contributed by atoms with van der Waals surface area (Å²) in [6, 6.07) is 13.6. The molecule has 0 aliphatic carbocycles. The van der Waals surface area contributed by atoms with Crippen LogP contribution in [0.15, 0.2) is 65.5 Å². The van der Waals surface area contributed by atoms with E-state index >= 15 is 0 Å². The molecular formula is C18H15BrN6. The van der Waals surface area contributed by atoms with Gasteiger partial charge in [-0.05, 0) is 39.7 Å². The van der Waals surface area contributed by atoms with Gasteiger partial charge in [0.2, 0.25) is 0 Å². The van der Waals surface area contributed by atoms with Crippen molar-refractivity contribution in [3.8, 4) is 11.3 Å². The molecule has 0 aliphatic heterocycles. The number of benzene rings is 1. The van der Waals surface area contributed by atoms with Gasteiger partial charge in [-0.15, -0.1) is 0 Å². The van der Waals surface area contributed by atoms with Crippen LogP contribution in [0.4, 0.5) is 11.5 Å². The average molecular weight is 395 g/mol. The average Bonchev–Trinajstić information content (AvgIpc) is 3.02. The van der Waals surface area contributed by atoms with Crippen LogP contribution in [0.3, 0.4) is 0 Å². The number of nitrogens with one attached hydrogen (secondary N) is 1. The first-order valence-corrected chi connectivity index (χ1v) is 8.53. The summed E-state index contributed by atoms with van der Waals surface area (Å²) in [5, 5.41) is 7.80. The highest BCUT2D eigenvalue weighted by Gasteiger charge is 2.11. The van der Waals surface area contributed by atoms with E-state index in [4.69, 9.17) is 10.7 Å². The fourth-order valence-electron chi connectivity index (χ4n) is 2.56. The van der Waals surface area contributed by atoms with Gasteiger partial charge in [0.05, 0.1) is 16.4 Å². The minimum absolute atomic E-state index is 0.644. The molecule has 0 bridgehead atoms. The number of hydrogen-bond acceptors (Lipinski definition) is 5. The smallest absolute Gasteiger partial charge is 0.172 e. The molecule has 0 atom stereocenters. The van der Waals surface area contributed by atoms with Gasteiger partial charge < -0.3 is 11.1 Å². The number of fused-ring (bicyclic) bond motifs is 1. The molecule has 0 fully saturated rings. The van der Waals surface area contributed by atoms with Gasteiger partial charge >= 0.3 is 0 Å². The number of anilines is 2. The number of halogens is 1. The van der Waals surface area contributed by atoms with E-state index < -0.39 is 0 Å². The van der Waals surface area contributed by atoms with E-state index in [9.17, 15) is 0 Å². The second-order valence-corrected chi connectivity index (χ2v) is 6.45. The van der Waals surface area contributed by atoms with Crippen LogP contribution in [0.25, 0.3) is 16.9 Å². The lowest BCUT2D eigenvalue weighted by molar-refractivity contribution is 0.925. The van der Waals surface area contributed by atoms with E-state index in [1.165, 1.54) is 0 Å². The van der Waals surface area contributed by atoms with Crippen LogP contribution in [0.1, 0.15) is 5.56 Å². The summed E-state index contributed by atoms with van der Waals surface area (Å²) in [6.45, 7) is 0.644. The van der Waals surface area contributed by atoms with Gasteiger partial charge in [-0.3, -0.25) is 4.98 Å². The number of pyridine rings is 1. The molecule has 25 heavy (non-hydrogen) atoms. The van der Waals surface area contributed by atoms with E-state index in [1.807, 2.05) is 48.7 Å². The molecule has 4 aromatic rings. The van der Waals surface area contributed by atoms with E-state index in [-0.39, 0.29) is 0 Å². The molecule has 3 aromatic heterocycles. The Morgan fingerprint density at radius 1 is 1.12 bits per heavy atom. The van der Waals surface area contributed by atoms with Crippen LogP contribution in [0.2, 0.25) is 0 Å². The first-order chi connectivity index (χ1) is 12.2. The number of nitrogen functional groups attached to an aromatic ring is 1. The minimum atomic E-state index is 0.644. The number of aromatic nitrogens is 4. The summed E-state index contributed by atoms with van der Waals surface area (Å²) >= 11 is 3.51. The molecule has 0 saturated heterocycles. The molecule has 0 saturated carbocycles. The lowest BCUT2D eigenvalue weighted by Gasteiger charge is -2.11. The van der Waals surface area contributed by atoms with Crippen LogP contribution in [0, 0.1) is 0 Å². The molecule has 0 unspecified atom stereocenters. The van der Waals surface area contributed by atoms with Crippen molar-refractivity contribution in [2.75, 3.05) is 11.1 Å². The maximum absolute atomic E-state index is 5.78. The van der Waals surface area contributed by atoms with Gasteiger partial charge in [0.1, 0.15) is 5.82 Å². The van der Waals surface area contributed by atoms with Crippen molar-refractivity contribution < 1.29 is 0 Å². The van der Waals surface area contributed by atoms with Crippen LogP contribution in [0.5, 0.6) is 0 Å². The first kappa shape index (κ1) is 15.6. The molecule has 124 valence electrons. The SMILES string of the molecule is Nc1ccc(-c2cc(NCc3cccnc3)n3ncc(Br)c3n2)cc1. The predicted octanol–water partition coefficient (Wildman–Crippen LogP) is 3.75. The zero-order valence-corrected chi connectivity index (χ0v) is 14.8. The molecule has 3 heterocycles. The summed E-state index contributed by atoms with van der Waals surface area (Å²) in [5.41, 5.74) is 10.2. The second-order valence-electron chi connectivity index (χ2n) is 5.59. The Labute approximate surface area is 152 Å². The lowest BCUT2D eigenvalue weighted by Crippen LogP contribution is -2.07. The van der Waals surface area contributed by atoms with Crippen molar-refractivity contribution in [2.45, 2.75) is 6.54 Å². The predicted molar refractivity (Wildman–Crippen MR) is 102 cm³/mol. The molecule has 0 spiro atoms. The van der Waals surface area contributed by atoms with Crippen molar-refractivity contribution in [3.63, 3.8) is 0 Å². The summed E-state index contributed by atoms with van der Waals surface area (Å²) in [4.78, 5) is 8.85. The van der Waals surface area contributed by atoms with Gasteiger partial charge in [0.15, 0.2) is 5.65 Å². The first-order valence-electron chi connectivity index (χ1n) is 7.74. The van der Waals surface area contributed by atoms with Gasteiger partial charge in [-0.1, -0.05) is 18.2 Å². The quantitative estimate of drug-likeness (QED) is 0.515. The summed E-state index contributed by atoms with van der Waals surface area (Å²) in [6.07, 6.45) is 5.34. The van der Waals surface area contributed by atoms with Crippen molar-refractivity contribution in [1.82, 2.24) is 19.6 Å². The molecule has 0 radical (unpaired) electrons. The van der Waals surface area contributed by atoms with Gasteiger partial charge in [-0.25, -0.2) is 4.98 Å². The fourth-order valence-corrected chi connectivity index (χ4v) is 2.91. The maximum Gasteiger partial charge on any atom is 0.172 e. The Bertz CT molecular complexity index is 1010. The molecule has 1 aromatic carbocycles. The van der Waals surface area contributed by atoms with E-state index in [0.717, 1.165) is 38.4 Å². The van der Waals surface area contributed by atoms with Crippen molar-refractivity contribution in [3.05, 3.63) is 71.1 Å². The Morgan fingerprint density at radius 2 is 1.96 bits per heavy atom. The molecule has 0 aliphatic rings. The number of nitrogens with zero attached hydrogens (tertiary/aromatic N) is 4. The molecule has 7 heteroatoms. The minimum Gasteiger partial charge on any atom is -0.399 e. The van der Waals surface area contributed by atoms with Crippen LogP contribution in [-0.2, 0) is 6.54 Å². The Hall–Kier alpha value is -2.93. The monoisotopic (exact) mass is 394 g/mol. The third-order valence-corrected chi connectivity index (χ3v) is 4.39. The summed E-state index contributed by atoms with van der Waals surface area (Å²) in [7, 11) is 0. The Kier molecular flexibility index (Phi) is 4.07. The third-order valence-electron chi connectivity index (χ3n) is 3.83. The highest BCUT2D eigenvalue weighted by atomic mass is 79.9. The van der Waals surface area contributed by atoms with Gasteiger partial charge in [-0.2, -0.15) is 9.61 Å². The van der Waals surface area contributed by atoms with Crippen molar-refractivity contribution >= 4 is 33.1 Å². The van der Waals surface area contributed by atoms with E-state index in [2.05, 4.69) is 31.3 Å². The molecule has 4 rings (SSSR count). The molecule has 6 nitrogen and oxygen atoms in total. The Morgan fingerprint density at radius 3 is 2.72 bits per heavy atom. The van der Waals surface area contributed by atoms with Crippen molar-refractivity contribution in [2.24, 2.45) is 0 Å². The van der Waals surface area contributed by atoms with E-state index in [1.54, 1.807) is 16.9 Å². The normalized spacial score (nSPS) is 10.9. The summed E-state index contributed by atoms with van der Waals surface area (Å²) < 4.78 is 2.62. The van der Waals surface area contributed by atoms with Crippen LogP contribution < -0.4 is 11.1 Å². The Balaban J connectivity index is 1.75. The highest BCUT2D eigenvalue weighted by molar-refractivity contribution is 9.10. The van der Waals surface area contributed by atoms with E-state index in [0.29, 0.717) is 6.54 Å². The standard InChI is InChI=1S/C18H15BrN6/c19-15-11-23-25-17(22-10-12-2-1-7-21-9-12)8-16(24-18(15)25)13-3-5-14(20)6-4-13/h1-9,11,22H,10,20H2. The fraction of sp³-hybridized carbons (Fsp3) is 0.0556. The zero-order valence-electron chi connectivity index (χ0n) is 13.2. The van der Waals surface area contributed by atoms with Crippen molar-refractivity contribution in [1.29, 1.82) is 0 Å². The number of hydrogen-bond donors (Lipinski definition) is 2. The largest absolute Gasteiger partial charge is 0.399 e. The molecule has 0 amide bonds. The second kappa shape index (κ2) is 6.52. The lowest BCUT2D eigenvalue weighted by atomic mass is 10.1. The molecule has 3 N–H and O–H groups in total.